The highest BCUT2D eigenvalue weighted by Crippen LogP contribution is 2.42. The summed E-state index contributed by atoms with van der Waals surface area (Å²) in [5.41, 5.74) is 1.24. The van der Waals surface area contributed by atoms with Crippen molar-refractivity contribution in [3.63, 3.8) is 0 Å². The molecule has 2 rings (SSSR count). The van der Waals surface area contributed by atoms with Crippen molar-refractivity contribution >= 4 is 17.0 Å². The summed E-state index contributed by atoms with van der Waals surface area (Å²) in [5, 5.41) is 0.536. The maximum absolute atomic E-state index is 11.9. The van der Waals surface area contributed by atoms with Crippen LogP contribution >= 0.6 is 11.8 Å². The van der Waals surface area contributed by atoms with Crippen LogP contribution < -0.4 is 0 Å². The van der Waals surface area contributed by atoms with Gasteiger partial charge in [0.15, 0.2) is 0 Å². The highest BCUT2D eigenvalue weighted by molar-refractivity contribution is 8.14. The maximum Gasteiger partial charge on any atom is 0.282 e. The van der Waals surface area contributed by atoms with E-state index in [0.717, 1.165) is 0 Å². The first-order valence-corrected chi connectivity index (χ1v) is 6.53. The minimum Gasteiger partial charge on any atom is -0.323 e. The molecule has 2 unspecified atom stereocenters. The van der Waals surface area contributed by atoms with Crippen molar-refractivity contribution in [3.8, 4) is 0 Å². The van der Waals surface area contributed by atoms with Crippen molar-refractivity contribution in [2.45, 2.75) is 38.1 Å². The fourth-order valence-electron chi connectivity index (χ4n) is 2.24. The molecule has 0 N–H and O–H groups in total. The summed E-state index contributed by atoms with van der Waals surface area (Å²) >= 11 is 1.45. The molecule has 1 heterocycles. The molecule has 1 saturated heterocycles. The normalized spacial score (nSPS) is 25.5. The smallest absolute Gasteiger partial charge is 0.282 e. The Bertz CT molecular complexity index is 377. The Morgan fingerprint density at radius 3 is 2.44 bits per heavy atom. The number of hydrogen-bond acceptors (Lipinski definition) is 2. The number of nitrogens with zero attached hydrogens (tertiary/aromatic N) is 1. The lowest BCUT2D eigenvalue weighted by Crippen LogP contribution is -2.34. The number of hydrogen-bond donors (Lipinski definition) is 0. The van der Waals surface area contributed by atoms with Crippen LogP contribution in [0.25, 0.3) is 0 Å². The minimum atomic E-state index is 0.205. The topological polar surface area (TPSA) is 20.3 Å². The third-order valence-electron chi connectivity index (χ3n) is 2.94. The van der Waals surface area contributed by atoms with Gasteiger partial charge in [-0.15, -0.1) is 0 Å². The van der Waals surface area contributed by atoms with Crippen molar-refractivity contribution in [1.82, 2.24) is 4.90 Å². The van der Waals surface area contributed by atoms with E-state index in [2.05, 4.69) is 32.9 Å². The van der Waals surface area contributed by atoms with E-state index in [1.807, 2.05) is 23.1 Å². The van der Waals surface area contributed by atoms with Crippen LogP contribution in [0.3, 0.4) is 0 Å². The van der Waals surface area contributed by atoms with Crippen LogP contribution in [0.15, 0.2) is 30.3 Å². The molecule has 1 amide bonds. The van der Waals surface area contributed by atoms with Gasteiger partial charge in [0, 0.05) is 11.3 Å². The lowest BCUT2D eigenvalue weighted by molar-refractivity contribution is 0.186. The van der Waals surface area contributed by atoms with Crippen LogP contribution in [0.5, 0.6) is 0 Å². The maximum atomic E-state index is 11.9. The van der Waals surface area contributed by atoms with Gasteiger partial charge in [-0.3, -0.25) is 4.79 Å². The van der Waals surface area contributed by atoms with E-state index in [9.17, 15) is 4.79 Å². The zero-order valence-electron chi connectivity index (χ0n) is 9.88. The minimum absolute atomic E-state index is 0.205. The molecule has 3 heteroatoms. The Hall–Kier alpha value is -0.960. The van der Waals surface area contributed by atoms with Gasteiger partial charge in [-0.25, -0.2) is 0 Å². The van der Waals surface area contributed by atoms with E-state index < -0.39 is 0 Å². The van der Waals surface area contributed by atoms with Gasteiger partial charge in [0.05, 0.1) is 6.04 Å². The average Bonchev–Trinajstić information content (AvgIpc) is 2.55. The van der Waals surface area contributed by atoms with Gasteiger partial charge in [-0.2, -0.15) is 0 Å². The zero-order chi connectivity index (χ0) is 11.7. The van der Waals surface area contributed by atoms with Crippen molar-refractivity contribution in [3.05, 3.63) is 35.9 Å². The van der Waals surface area contributed by atoms with Crippen LogP contribution in [0, 0.1) is 0 Å². The molecule has 1 aliphatic rings. The molecule has 0 aliphatic carbocycles. The molecule has 0 spiro atoms. The molecule has 0 radical (unpaired) electrons. The quantitative estimate of drug-likeness (QED) is 0.779. The van der Waals surface area contributed by atoms with E-state index in [1.165, 1.54) is 17.3 Å². The van der Waals surface area contributed by atoms with E-state index in [-0.39, 0.29) is 17.3 Å². The van der Waals surface area contributed by atoms with Crippen molar-refractivity contribution < 1.29 is 4.79 Å². The van der Waals surface area contributed by atoms with Crippen LogP contribution in [0.4, 0.5) is 4.79 Å². The van der Waals surface area contributed by atoms with Gasteiger partial charge in [0.25, 0.3) is 5.24 Å². The fraction of sp³-hybridized carbons (Fsp3) is 0.462. The third kappa shape index (κ3) is 1.96. The average molecular weight is 235 g/mol. The summed E-state index contributed by atoms with van der Waals surface area (Å²) in [5.74, 6) is 0. The fourth-order valence-corrected chi connectivity index (χ4v) is 3.42. The first kappa shape index (κ1) is 11.5. The van der Waals surface area contributed by atoms with E-state index in [1.54, 1.807) is 0 Å². The summed E-state index contributed by atoms with van der Waals surface area (Å²) in [4.78, 5) is 13.9. The molecule has 2 nitrogen and oxygen atoms in total. The predicted octanol–water partition coefficient (Wildman–Crippen LogP) is 3.69. The highest BCUT2D eigenvalue weighted by atomic mass is 32.2. The third-order valence-corrected chi connectivity index (χ3v) is 3.98. The zero-order valence-corrected chi connectivity index (χ0v) is 10.7. The summed E-state index contributed by atoms with van der Waals surface area (Å²) < 4.78 is 0. The van der Waals surface area contributed by atoms with Crippen LogP contribution in [-0.4, -0.2) is 21.4 Å². The Balaban J connectivity index is 2.34. The van der Waals surface area contributed by atoms with Crippen LogP contribution in [0.2, 0.25) is 0 Å². The number of benzene rings is 1. The second-order valence-electron chi connectivity index (χ2n) is 4.45. The number of rotatable bonds is 2. The van der Waals surface area contributed by atoms with Gasteiger partial charge < -0.3 is 4.90 Å². The molecule has 2 atom stereocenters. The van der Waals surface area contributed by atoms with E-state index in [0.29, 0.717) is 5.25 Å². The second kappa shape index (κ2) is 4.50. The Morgan fingerprint density at radius 1 is 1.25 bits per heavy atom. The number of carbonyl (C=O) groups is 1. The second-order valence-corrected chi connectivity index (χ2v) is 5.77. The van der Waals surface area contributed by atoms with Gasteiger partial charge >= 0.3 is 0 Å². The van der Waals surface area contributed by atoms with Crippen LogP contribution in [-0.2, 0) is 0 Å². The number of amides is 1. The summed E-state index contributed by atoms with van der Waals surface area (Å²) in [6.07, 6.45) is 0. The first-order valence-electron chi connectivity index (χ1n) is 5.65. The highest BCUT2D eigenvalue weighted by Gasteiger charge is 2.40. The molecule has 0 bridgehead atoms. The summed E-state index contributed by atoms with van der Waals surface area (Å²) in [6.45, 7) is 6.28. The molecule has 1 aromatic carbocycles. The van der Waals surface area contributed by atoms with Crippen molar-refractivity contribution in [2.24, 2.45) is 0 Å². The lowest BCUT2D eigenvalue weighted by atomic mass is 10.0. The lowest BCUT2D eigenvalue weighted by Gasteiger charge is -2.29. The molecular formula is C13H17NOS. The van der Waals surface area contributed by atoms with Gasteiger partial charge in [0.2, 0.25) is 0 Å². The monoisotopic (exact) mass is 235 g/mol. The molecule has 0 aromatic heterocycles. The molecular weight excluding hydrogens is 218 g/mol. The van der Waals surface area contributed by atoms with Crippen molar-refractivity contribution in [2.75, 3.05) is 0 Å². The molecule has 16 heavy (non-hydrogen) atoms. The molecule has 86 valence electrons. The summed E-state index contributed by atoms with van der Waals surface area (Å²) in [6, 6.07) is 10.8. The van der Waals surface area contributed by atoms with E-state index in [4.69, 9.17) is 0 Å². The number of carbonyl (C=O) groups excluding carboxylic acids is 1. The van der Waals surface area contributed by atoms with Crippen molar-refractivity contribution in [1.29, 1.82) is 0 Å². The van der Waals surface area contributed by atoms with Gasteiger partial charge in [-0.1, -0.05) is 49.0 Å². The van der Waals surface area contributed by atoms with Gasteiger partial charge in [0.1, 0.15) is 0 Å². The standard InChI is InChI=1S/C13H17NOS/c1-9(2)14-12(10(3)16-13(14)15)11-7-5-4-6-8-11/h4-10,12H,1-3H3. The molecule has 1 aromatic rings. The van der Waals surface area contributed by atoms with Gasteiger partial charge in [-0.05, 0) is 19.4 Å². The first-order chi connectivity index (χ1) is 7.61. The SMILES string of the molecule is CC1SC(=O)N(C(C)C)C1c1ccccc1. The molecule has 0 saturated carbocycles. The molecule has 1 fully saturated rings. The van der Waals surface area contributed by atoms with E-state index >= 15 is 0 Å². The van der Waals surface area contributed by atoms with Crippen LogP contribution in [0.1, 0.15) is 32.4 Å². The number of thioether (sulfide) groups is 1. The summed E-state index contributed by atoms with van der Waals surface area (Å²) in [7, 11) is 0. The Morgan fingerprint density at radius 2 is 1.88 bits per heavy atom. The predicted molar refractivity (Wildman–Crippen MR) is 68.6 cm³/mol. The Labute approximate surface area is 101 Å². The Kier molecular flexibility index (Phi) is 3.24. The largest absolute Gasteiger partial charge is 0.323 e. The molecule has 1 aliphatic heterocycles.